The lowest BCUT2D eigenvalue weighted by Gasteiger charge is -2.32. The summed E-state index contributed by atoms with van der Waals surface area (Å²) in [7, 11) is -3.47. The van der Waals surface area contributed by atoms with E-state index in [4.69, 9.17) is 0 Å². The lowest BCUT2D eigenvalue weighted by Crippen LogP contribution is -2.43. The number of sulfonamides is 1. The topological polar surface area (TPSA) is 66.5 Å². The van der Waals surface area contributed by atoms with Crippen LogP contribution in [0.15, 0.2) is 29.2 Å². The van der Waals surface area contributed by atoms with Crippen LogP contribution in [0.2, 0.25) is 0 Å². The molecule has 0 aliphatic carbocycles. The van der Waals surface area contributed by atoms with Gasteiger partial charge in [0.1, 0.15) is 0 Å². The summed E-state index contributed by atoms with van der Waals surface area (Å²) in [5, 5.41) is 0. The van der Waals surface area contributed by atoms with Gasteiger partial charge < -0.3 is 4.90 Å². The number of hydrogen-bond acceptors (Lipinski definition) is 3. The Morgan fingerprint density at radius 2 is 2.00 bits per heavy atom. The number of likely N-dealkylation sites (tertiary alicyclic amines) is 1. The van der Waals surface area contributed by atoms with Gasteiger partial charge in [-0.15, -0.1) is 0 Å². The third-order valence-electron chi connectivity index (χ3n) is 4.07. The highest BCUT2D eigenvalue weighted by Gasteiger charge is 2.24. The molecule has 0 saturated carbocycles. The van der Waals surface area contributed by atoms with Crippen LogP contribution in [-0.2, 0) is 14.8 Å². The Morgan fingerprint density at radius 1 is 1.32 bits per heavy atom. The monoisotopic (exact) mass is 324 g/mol. The normalized spacial score (nSPS) is 19.2. The van der Waals surface area contributed by atoms with Crippen LogP contribution in [-0.4, -0.2) is 38.9 Å². The van der Waals surface area contributed by atoms with Crippen molar-refractivity contribution in [3.63, 3.8) is 0 Å². The maximum Gasteiger partial charge on any atom is 0.240 e. The minimum absolute atomic E-state index is 0.145. The first kappa shape index (κ1) is 17.0. The lowest BCUT2D eigenvalue weighted by molar-refractivity contribution is -0.132. The second-order valence-corrected chi connectivity index (χ2v) is 7.63. The fraction of sp³-hybridized carbons (Fsp3) is 0.562. The third kappa shape index (κ3) is 4.30. The summed E-state index contributed by atoms with van der Waals surface area (Å²) in [4.78, 5) is 13.9. The fourth-order valence-electron chi connectivity index (χ4n) is 2.71. The Labute approximate surface area is 132 Å². The first-order valence-corrected chi connectivity index (χ1v) is 9.25. The molecule has 1 N–H and O–H groups in total. The number of amides is 1. The van der Waals surface area contributed by atoms with Gasteiger partial charge in [-0.05, 0) is 37.8 Å². The molecule has 1 amide bonds. The van der Waals surface area contributed by atoms with Crippen molar-refractivity contribution in [2.75, 3.05) is 19.6 Å². The van der Waals surface area contributed by atoms with Crippen LogP contribution in [0.1, 0.15) is 31.7 Å². The van der Waals surface area contributed by atoms with Crippen molar-refractivity contribution in [2.24, 2.45) is 5.92 Å². The summed E-state index contributed by atoms with van der Waals surface area (Å²) in [6, 6.07) is 6.81. The number of piperidine rings is 1. The second-order valence-electron chi connectivity index (χ2n) is 5.87. The average Bonchev–Trinajstić information content (AvgIpc) is 2.53. The van der Waals surface area contributed by atoms with Gasteiger partial charge in [0.05, 0.1) is 4.90 Å². The minimum Gasteiger partial charge on any atom is -0.342 e. The number of nitrogens with zero attached hydrogens (tertiary/aromatic N) is 1. The van der Waals surface area contributed by atoms with E-state index in [-0.39, 0.29) is 16.7 Å². The van der Waals surface area contributed by atoms with Crippen molar-refractivity contribution in [1.82, 2.24) is 9.62 Å². The van der Waals surface area contributed by atoms with Gasteiger partial charge in [0.15, 0.2) is 0 Å². The number of rotatable bonds is 5. The Hall–Kier alpha value is -1.40. The maximum absolute atomic E-state index is 12.3. The zero-order valence-corrected chi connectivity index (χ0v) is 14.0. The Morgan fingerprint density at radius 3 is 2.64 bits per heavy atom. The summed E-state index contributed by atoms with van der Waals surface area (Å²) in [5.41, 5.74) is 1.03. The number of carbonyl (C=O) groups is 1. The molecule has 1 saturated heterocycles. The van der Waals surface area contributed by atoms with Gasteiger partial charge in [-0.3, -0.25) is 4.79 Å². The number of nitrogens with one attached hydrogen (secondary N) is 1. The predicted molar refractivity (Wildman–Crippen MR) is 86.0 cm³/mol. The van der Waals surface area contributed by atoms with E-state index in [1.807, 2.05) is 18.7 Å². The SMILES string of the molecule is CCC(=O)N1CCC[C@H](CNS(=O)(=O)c2ccc(C)cc2)C1. The van der Waals surface area contributed by atoms with E-state index in [1.54, 1.807) is 24.3 Å². The largest absolute Gasteiger partial charge is 0.342 e. The van der Waals surface area contributed by atoms with Crippen LogP contribution >= 0.6 is 0 Å². The molecule has 1 fully saturated rings. The molecule has 1 aromatic carbocycles. The first-order valence-electron chi connectivity index (χ1n) is 7.76. The van der Waals surface area contributed by atoms with Gasteiger partial charge >= 0.3 is 0 Å². The summed E-state index contributed by atoms with van der Waals surface area (Å²) in [6.45, 7) is 5.58. The molecule has 122 valence electrons. The van der Waals surface area contributed by atoms with Crippen molar-refractivity contribution in [1.29, 1.82) is 0 Å². The molecule has 0 bridgehead atoms. The van der Waals surface area contributed by atoms with Crippen molar-refractivity contribution in [2.45, 2.75) is 38.0 Å². The van der Waals surface area contributed by atoms with Crippen molar-refractivity contribution in [3.05, 3.63) is 29.8 Å². The third-order valence-corrected chi connectivity index (χ3v) is 5.51. The molecule has 0 aromatic heterocycles. The molecule has 5 nitrogen and oxygen atoms in total. The van der Waals surface area contributed by atoms with E-state index in [0.717, 1.165) is 24.9 Å². The highest BCUT2D eigenvalue weighted by molar-refractivity contribution is 7.89. The van der Waals surface area contributed by atoms with E-state index < -0.39 is 10.0 Å². The van der Waals surface area contributed by atoms with Crippen molar-refractivity contribution < 1.29 is 13.2 Å². The second kappa shape index (κ2) is 7.24. The van der Waals surface area contributed by atoms with E-state index in [0.29, 0.717) is 19.5 Å². The Balaban J connectivity index is 1.94. The average molecular weight is 324 g/mol. The number of hydrogen-bond donors (Lipinski definition) is 1. The quantitative estimate of drug-likeness (QED) is 0.900. The first-order chi connectivity index (χ1) is 10.4. The molecule has 6 heteroatoms. The van der Waals surface area contributed by atoms with Crippen molar-refractivity contribution in [3.8, 4) is 0 Å². The van der Waals surface area contributed by atoms with Gasteiger partial charge in [-0.1, -0.05) is 24.6 Å². The van der Waals surface area contributed by atoms with Gasteiger partial charge in [-0.25, -0.2) is 13.1 Å². The number of benzene rings is 1. The van der Waals surface area contributed by atoms with Crippen LogP contribution in [0.5, 0.6) is 0 Å². The minimum atomic E-state index is -3.47. The highest BCUT2D eigenvalue weighted by Crippen LogP contribution is 2.18. The zero-order chi connectivity index (χ0) is 16.2. The molecular formula is C16H24N2O3S. The lowest BCUT2D eigenvalue weighted by atomic mass is 9.98. The van der Waals surface area contributed by atoms with E-state index in [9.17, 15) is 13.2 Å². The summed E-state index contributed by atoms with van der Waals surface area (Å²) >= 11 is 0. The summed E-state index contributed by atoms with van der Waals surface area (Å²) in [6.07, 6.45) is 2.38. The molecule has 0 radical (unpaired) electrons. The Bertz CT molecular complexity index is 611. The zero-order valence-electron chi connectivity index (χ0n) is 13.2. The molecule has 22 heavy (non-hydrogen) atoms. The summed E-state index contributed by atoms with van der Waals surface area (Å²) < 4.78 is 27.2. The molecule has 0 unspecified atom stereocenters. The fourth-order valence-corrected chi connectivity index (χ4v) is 3.83. The number of aryl methyl sites for hydroxylation is 1. The smallest absolute Gasteiger partial charge is 0.240 e. The molecule has 2 rings (SSSR count). The Kier molecular flexibility index (Phi) is 5.58. The van der Waals surface area contributed by atoms with Crippen LogP contribution in [0.3, 0.4) is 0 Å². The molecule has 1 aliphatic rings. The molecular weight excluding hydrogens is 300 g/mol. The molecule has 1 heterocycles. The predicted octanol–water partition coefficient (Wildman–Crippen LogP) is 1.92. The van der Waals surface area contributed by atoms with Crippen LogP contribution in [0.25, 0.3) is 0 Å². The van der Waals surface area contributed by atoms with E-state index >= 15 is 0 Å². The van der Waals surface area contributed by atoms with Gasteiger partial charge in [0.25, 0.3) is 0 Å². The van der Waals surface area contributed by atoms with E-state index in [2.05, 4.69) is 4.72 Å². The van der Waals surface area contributed by atoms with E-state index in [1.165, 1.54) is 0 Å². The van der Waals surface area contributed by atoms with Crippen LogP contribution in [0, 0.1) is 12.8 Å². The van der Waals surface area contributed by atoms with Gasteiger partial charge in [0, 0.05) is 26.1 Å². The highest BCUT2D eigenvalue weighted by atomic mass is 32.2. The van der Waals surface area contributed by atoms with Crippen molar-refractivity contribution >= 4 is 15.9 Å². The van der Waals surface area contributed by atoms with Crippen LogP contribution < -0.4 is 4.72 Å². The molecule has 0 spiro atoms. The molecule has 1 aromatic rings. The maximum atomic E-state index is 12.3. The molecule has 1 atom stereocenters. The number of carbonyl (C=O) groups excluding carboxylic acids is 1. The van der Waals surface area contributed by atoms with Gasteiger partial charge in [0.2, 0.25) is 15.9 Å². The summed E-state index contributed by atoms with van der Waals surface area (Å²) in [5.74, 6) is 0.329. The van der Waals surface area contributed by atoms with Gasteiger partial charge in [-0.2, -0.15) is 0 Å². The molecule has 1 aliphatic heterocycles. The van der Waals surface area contributed by atoms with Crippen LogP contribution in [0.4, 0.5) is 0 Å². The standard InChI is InChI=1S/C16H24N2O3S/c1-3-16(19)18-10-4-5-14(12-18)11-17-22(20,21)15-8-6-13(2)7-9-15/h6-9,14,17H,3-5,10-12H2,1-2H3/t14-/m1/s1.